The van der Waals surface area contributed by atoms with Crippen molar-refractivity contribution in [2.45, 2.75) is 26.8 Å². The Kier molecular flexibility index (Phi) is 6.88. The Morgan fingerprint density at radius 1 is 1.03 bits per heavy atom. The Balaban J connectivity index is 1.92. The van der Waals surface area contributed by atoms with Gasteiger partial charge in [0, 0.05) is 36.8 Å². The van der Waals surface area contributed by atoms with E-state index in [1.165, 1.54) is 0 Å². The molecule has 1 N–H and O–H groups in total. The first-order chi connectivity index (χ1) is 14.0. The summed E-state index contributed by atoms with van der Waals surface area (Å²) in [6.07, 6.45) is 0. The van der Waals surface area contributed by atoms with E-state index in [2.05, 4.69) is 5.32 Å². The van der Waals surface area contributed by atoms with Crippen molar-refractivity contribution in [2.75, 3.05) is 32.8 Å². The summed E-state index contributed by atoms with van der Waals surface area (Å²) < 4.78 is 11.2. The Morgan fingerprint density at radius 2 is 1.72 bits per heavy atom. The van der Waals surface area contributed by atoms with Crippen LogP contribution in [0.15, 0.2) is 42.5 Å². The number of carbonyl (C=O) groups excluding carboxylic acids is 2. The molecule has 0 radical (unpaired) electrons. The highest BCUT2D eigenvalue weighted by atomic mass is 16.5. The number of ketones is 1. The van der Waals surface area contributed by atoms with E-state index in [0.717, 1.165) is 6.54 Å². The third-order valence-electron chi connectivity index (χ3n) is 4.86. The normalized spacial score (nSPS) is 16.4. The summed E-state index contributed by atoms with van der Waals surface area (Å²) in [7, 11) is 0. The van der Waals surface area contributed by atoms with Gasteiger partial charge in [-0.15, -0.1) is 0 Å². The minimum atomic E-state index is -0.207. The fourth-order valence-electron chi connectivity index (χ4n) is 3.50. The molecule has 0 bridgehead atoms. The van der Waals surface area contributed by atoms with Gasteiger partial charge in [-0.3, -0.25) is 9.59 Å². The quantitative estimate of drug-likeness (QED) is 0.728. The monoisotopic (exact) mass is 396 g/mol. The number of hydrogen-bond acceptors (Lipinski definition) is 5. The van der Waals surface area contributed by atoms with E-state index in [1.54, 1.807) is 47.4 Å². The highest BCUT2D eigenvalue weighted by molar-refractivity contribution is 6.15. The summed E-state index contributed by atoms with van der Waals surface area (Å²) in [5.74, 6) is 0.810. The van der Waals surface area contributed by atoms with Crippen molar-refractivity contribution in [3.8, 4) is 11.5 Å². The Hall–Kier alpha value is -2.86. The molecule has 0 saturated carbocycles. The maximum Gasteiger partial charge on any atom is 0.254 e. The molecule has 0 aliphatic carbocycles. The van der Waals surface area contributed by atoms with Gasteiger partial charge in [-0.1, -0.05) is 18.2 Å². The standard InChI is InChI=1S/C23H28N2O4/c1-4-28-20-11-10-17(14-21(20)29-5-2)22(26)18-8-6-7-9-19(18)23(27)25-13-12-24-16(3)15-25/h6-11,14,16,24H,4-5,12-13,15H2,1-3H3. The number of hydrogen-bond donors (Lipinski definition) is 1. The average Bonchev–Trinajstić information content (AvgIpc) is 2.74. The Bertz CT molecular complexity index is 881. The van der Waals surface area contributed by atoms with Crippen LogP contribution in [0.5, 0.6) is 11.5 Å². The van der Waals surface area contributed by atoms with E-state index in [0.29, 0.717) is 54.5 Å². The lowest BCUT2D eigenvalue weighted by Gasteiger charge is -2.32. The van der Waals surface area contributed by atoms with Crippen LogP contribution in [0.2, 0.25) is 0 Å². The zero-order valence-corrected chi connectivity index (χ0v) is 17.2. The molecule has 1 aliphatic heterocycles. The molecule has 6 heteroatoms. The molecule has 0 spiro atoms. The minimum absolute atomic E-state index is 0.113. The topological polar surface area (TPSA) is 67.9 Å². The third kappa shape index (κ3) is 4.77. The lowest BCUT2D eigenvalue weighted by atomic mass is 9.97. The van der Waals surface area contributed by atoms with Crippen molar-refractivity contribution in [2.24, 2.45) is 0 Å². The SMILES string of the molecule is CCOc1ccc(C(=O)c2ccccc2C(=O)N2CCNC(C)C2)cc1OCC. The van der Waals surface area contributed by atoms with Gasteiger partial charge in [0.2, 0.25) is 0 Å². The van der Waals surface area contributed by atoms with Gasteiger partial charge in [-0.05, 0) is 45.0 Å². The molecule has 0 aromatic heterocycles. The molecule has 3 rings (SSSR count). The molecule has 6 nitrogen and oxygen atoms in total. The van der Waals surface area contributed by atoms with Crippen LogP contribution in [0, 0.1) is 0 Å². The molecule has 2 aromatic rings. The minimum Gasteiger partial charge on any atom is -0.490 e. The number of nitrogens with one attached hydrogen (secondary N) is 1. The van der Waals surface area contributed by atoms with E-state index in [9.17, 15) is 9.59 Å². The first-order valence-electron chi connectivity index (χ1n) is 10.1. The molecule has 1 fully saturated rings. The van der Waals surface area contributed by atoms with Gasteiger partial charge >= 0.3 is 0 Å². The summed E-state index contributed by atoms with van der Waals surface area (Å²) >= 11 is 0. The Labute approximate surface area is 171 Å². The fourth-order valence-corrected chi connectivity index (χ4v) is 3.50. The van der Waals surface area contributed by atoms with Gasteiger partial charge < -0.3 is 19.7 Å². The smallest absolute Gasteiger partial charge is 0.254 e. The molecular weight excluding hydrogens is 368 g/mol. The molecule has 1 aliphatic rings. The van der Waals surface area contributed by atoms with Gasteiger partial charge in [-0.2, -0.15) is 0 Å². The zero-order chi connectivity index (χ0) is 20.8. The highest BCUT2D eigenvalue weighted by Gasteiger charge is 2.26. The predicted octanol–water partition coefficient (Wildman–Crippen LogP) is 3.15. The zero-order valence-electron chi connectivity index (χ0n) is 17.2. The number of ether oxygens (including phenoxy) is 2. The van der Waals surface area contributed by atoms with Gasteiger partial charge in [0.1, 0.15) is 0 Å². The van der Waals surface area contributed by atoms with Crippen LogP contribution in [-0.4, -0.2) is 55.5 Å². The van der Waals surface area contributed by atoms with Crippen LogP contribution in [0.25, 0.3) is 0 Å². The van der Waals surface area contributed by atoms with Crippen LogP contribution in [-0.2, 0) is 0 Å². The van der Waals surface area contributed by atoms with Crippen molar-refractivity contribution in [3.05, 3.63) is 59.2 Å². The molecule has 29 heavy (non-hydrogen) atoms. The van der Waals surface area contributed by atoms with E-state index < -0.39 is 0 Å². The molecule has 154 valence electrons. The molecular formula is C23H28N2O4. The highest BCUT2D eigenvalue weighted by Crippen LogP contribution is 2.30. The van der Waals surface area contributed by atoms with E-state index in [4.69, 9.17) is 9.47 Å². The fraction of sp³-hybridized carbons (Fsp3) is 0.391. The maximum atomic E-state index is 13.3. The second kappa shape index (κ2) is 9.56. The maximum absolute atomic E-state index is 13.3. The number of carbonyl (C=O) groups is 2. The molecule has 1 saturated heterocycles. The number of piperazine rings is 1. The number of nitrogens with zero attached hydrogens (tertiary/aromatic N) is 1. The van der Waals surface area contributed by atoms with Gasteiger partial charge in [0.25, 0.3) is 5.91 Å². The van der Waals surface area contributed by atoms with Gasteiger partial charge in [-0.25, -0.2) is 0 Å². The molecule has 2 aromatic carbocycles. The second-order valence-electron chi connectivity index (χ2n) is 7.01. The molecule has 1 amide bonds. The van der Waals surface area contributed by atoms with E-state index in [-0.39, 0.29) is 17.7 Å². The molecule has 1 heterocycles. The van der Waals surface area contributed by atoms with Crippen LogP contribution < -0.4 is 14.8 Å². The lowest BCUT2D eigenvalue weighted by molar-refractivity contribution is 0.0705. The van der Waals surface area contributed by atoms with Crippen LogP contribution >= 0.6 is 0 Å². The van der Waals surface area contributed by atoms with Gasteiger partial charge in [0.05, 0.1) is 18.8 Å². The average molecular weight is 396 g/mol. The Morgan fingerprint density at radius 3 is 2.41 bits per heavy atom. The summed E-state index contributed by atoms with van der Waals surface area (Å²) in [5.41, 5.74) is 1.29. The summed E-state index contributed by atoms with van der Waals surface area (Å²) in [5, 5.41) is 3.33. The number of benzene rings is 2. The van der Waals surface area contributed by atoms with Crippen molar-refractivity contribution >= 4 is 11.7 Å². The number of amides is 1. The molecule has 1 unspecified atom stereocenters. The van der Waals surface area contributed by atoms with Crippen LogP contribution in [0.3, 0.4) is 0 Å². The van der Waals surface area contributed by atoms with E-state index in [1.807, 2.05) is 20.8 Å². The van der Waals surface area contributed by atoms with E-state index >= 15 is 0 Å². The lowest BCUT2D eigenvalue weighted by Crippen LogP contribution is -2.51. The summed E-state index contributed by atoms with van der Waals surface area (Å²) in [6, 6.07) is 12.4. The number of rotatable bonds is 7. The molecule has 1 atom stereocenters. The van der Waals surface area contributed by atoms with Crippen molar-refractivity contribution in [3.63, 3.8) is 0 Å². The van der Waals surface area contributed by atoms with Crippen molar-refractivity contribution in [1.29, 1.82) is 0 Å². The summed E-state index contributed by atoms with van der Waals surface area (Å²) in [6.45, 7) is 8.80. The van der Waals surface area contributed by atoms with Gasteiger partial charge in [0.15, 0.2) is 17.3 Å². The third-order valence-corrected chi connectivity index (χ3v) is 4.86. The van der Waals surface area contributed by atoms with Crippen LogP contribution in [0.4, 0.5) is 0 Å². The van der Waals surface area contributed by atoms with Crippen LogP contribution in [0.1, 0.15) is 47.1 Å². The second-order valence-corrected chi connectivity index (χ2v) is 7.01. The van der Waals surface area contributed by atoms with Crippen molar-refractivity contribution < 1.29 is 19.1 Å². The van der Waals surface area contributed by atoms with Crippen molar-refractivity contribution in [1.82, 2.24) is 10.2 Å². The largest absolute Gasteiger partial charge is 0.490 e. The summed E-state index contributed by atoms with van der Waals surface area (Å²) in [4.78, 5) is 28.2. The first-order valence-corrected chi connectivity index (χ1v) is 10.1. The first kappa shape index (κ1) is 20.9. The predicted molar refractivity (Wildman–Crippen MR) is 112 cm³/mol.